The molecule has 2 N–H and O–H groups in total. The molecule has 0 saturated heterocycles. The summed E-state index contributed by atoms with van der Waals surface area (Å²) in [5, 5.41) is 0. The van der Waals surface area contributed by atoms with E-state index in [2.05, 4.69) is 0 Å². The van der Waals surface area contributed by atoms with Gasteiger partial charge >= 0.3 is 0 Å². The molecule has 1 aromatic carbocycles. The fourth-order valence-corrected chi connectivity index (χ4v) is 1.53. The number of thiocarbonyl (C=S) groups is 1. The molecule has 1 amide bonds. The lowest BCUT2D eigenvalue weighted by atomic mass is 10.1. The Bertz CT molecular complexity index is 387. The number of amides is 1. The molecule has 0 aliphatic rings. The first-order valence-corrected chi connectivity index (χ1v) is 5.47. The number of nitrogens with zero attached hydrogens (tertiary/aromatic N) is 1. The number of likely N-dealkylation sites (N-methyl/N-ethyl adjacent to an activating group) is 1. The lowest BCUT2D eigenvalue weighted by Crippen LogP contribution is -2.35. The number of carbonyl (C=O) groups excluding carboxylic acids is 1. The van der Waals surface area contributed by atoms with Crippen LogP contribution in [-0.4, -0.2) is 29.4 Å². The van der Waals surface area contributed by atoms with Crippen molar-refractivity contribution < 1.29 is 4.79 Å². The largest absolute Gasteiger partial charge is 0.392 e. The first-order chi connectivity index (χ1) is 7.49. The van der Waals surface area contributed by atoms with Gasteiger partial charge in [-0.05, 0) is 12.5 Å². The monoisotopic (exact) mass is 236 g/mol. The molecule has 86 valence electrons. The molecule has 0 heterocycles. The van der Waals surface area contributed by atoms with Crippen LogP contribution >= 0.6 is 12.2 Å². The van der Waals surface area contributed by atoms with Crippen LogP contribution < -0.4 is 5.73 Å². The minimum absolute atomic E-state index is 0.0247. The fraction of sp³-hybridized carbons (Fsp3) is 0.333. The number of aryl methyl sites for hydroxylation is 1. The summed E-state index contributed by atoms with van der Waals surface area (Å²) in [6.07, 6.45) is 0.388. The van der Waals surface area contributed by atoms with Crippen LogP contribution in [-0.2, 0) is 11.2 Å². The minimum Gasteiger partial charge on any atom is -0.392 e. The molecule has 1 rings (SSSR count). The first-order valence-electron chi connectivity index (χ1n) is 5.07. The molecule has 4 heteroatoms. The molecule has 0 atom stereocenters. The third-order valence-electron chi connectivity index (χ3n) is 2.29. The van der Waals surface area contributed by atoms with Crippen LogP contribution in [0, 0.1) is 6.92 Å². The Morgan fingerprint density at radius 2 is 1.94 bits per heavy atom. The van der Waals surface area contributed by atoms with Crippen molar-refractivity contribution in [3.63, 3.8) is 0 Å². The fourth-order valence-electron chi connectivity index (χ4n) is 1.34. The molecule has 0 saturated carbocycles. The third-order valence-corrected chi connectivity index (χ3v) is 2.42. The number of nitrogens with two attached hydrogens (primary N) is 1. The van der Waals surface area contributed by atoms with Gasteiger partial charge in [-0.1, -0.05) is 42.0 Å². The standard InChI is InChI=1S/C12H16N2OS/c1-9-3-5-10(6-4-9)7-12(15)14(2)8-11(13)16/h3-6H,7-8H2,1-2H3,(H2,13,16). The Morgan fingerprint density at radius 1 is 1.38 bits per heavy atom. The van der Waals surface area contributed by atoms with Crippen LogP contribution in [0.2, 0.25) is 0 Å². The molecule has 1 aromatic rings. The summed E-state index contributed by atoms with van der Waals surface area (Å²) in [7, 11) is 1.70. The molecule has 0 radical (unpaired) electrons. The van der Waals surface area contributed by atoms with Crippen LogP contribution in [0.5, 0.6) is 0 Å². The maximum atomic E-state index is 11.7. The minimum atomic E-state index is 0.0247. The Morgan fingerprint density at radius 3 is 2.44 bits per heavy atom. The summed E-state index contributed by atoms with van der Waals surface area (Å²) < 4.78 is 0. The summed E-state index contributed by atoms with van der Waals surface area (Å²) >= 11 is 4.76. The smallest absolute Gasteiger partial charge is 0.227 e. The second kappa shape index (κ2) is 5.61. The van der Waals surface area contributed by atoms with Crippen LogP contribution in [0.3, 0.4) is 0 Å². The van der Waals surface area contributed by atoms with Crippen molar-refractivity contribution in [3.05, 3.63) is 35.4 Å². The summed E-state index contributed by atoms with van der Waals surface area (Å²) in [5.74, 6) is 0.0247. The molecule has 0 fully saturated rings. The lowest BCUT2D eigenvalue weighted by molar-refractivity contribution is -0.128. The molecule has 0 spiro atoms. The van der Waals surface area contributed by atoms with E-state index in [1.54, 1.807) is 11.9 Å². The Labute approximate surface area is 101 Å². The third kappa shape index (κ3) is 3.98. The van der Waals surface area contributed by atoms with Crippen molar-refractivity contribution >= 4 is 23.1 Å². The first kappa shape index (κ1) is 12.6. The maximum Gasteiger partial charge on any atom is 0.227 e. The number of carbonyl (C=O) groups is 1. The SMILES string of the molecule is Cc1ccc(CC(=O)N(C)CC(N)=S)cc1. The molecule has 0 aliphatic carbocycles. The van der Waals surface area contributed by atoms with E-state index in [1.165, 1.54) is 5.56 Å². The molecule has 0 aromatic heterocycles. The van der Waals surface area contributed by atoms with Crippen molar-refractivity contribution in [2.24, 2.45) is 5.73 Å². The van der Waals surface area contributed by atoms with E-state index in [0.717, 1.165) is 5.56 Å². The van der Waals surface area contributed by atoms with E-state index >= 15 is 0 Å². The van der Waals surface area contributed by atoms with Gasteiger partial charge < -0.3 is 10.6 Å². The van der Waals surface area contributed by atoms with Gasteiger partial charge in [0.1, 0.15) is 0 Å². The number of hydrogen-bond acceptors (Lipinski definition) is 2. The average Bonchev–Trinajstić information content (AvgIpc) is 2.20. The van der Waals surface area contributed by atoms with Crippen LogP contribution in [0.4, 0.5) is 0 Å². The highest BCUT2D eigenvalue weighted by Crippen LogP contribution is 2.05. The van der Waals surface area contributed by atoms with Crippen molar-refractivity contribution in [1.82, 2.24) is 4.90 Å². The summed E-state index contributed by atoms with van der Waals surface area (Å²) in [6, 6.07) is 7.91. The summed E-state index contributed by atoms with van der Waals surface area (Å²) in [5.41, 5.74) is 7.57. The van der Waals surface area contributed by atoms with E-state index in [0.29, 0.717) is 18.0 Å². The molecular formula is C12H16N2OS. The highest BCUT2D eigenvalue weighted by molar-refractivity contribution is 7.80. The van der Waals surface area contributed by atoms with Crippen molar-refractivity contribution in [3.8, 4) is 0 Å². The van der Waals surface area contributed by atoms with Crippen molar-refractivity contribution in [2.45, 2.75) is 13.3 Å². The number of hydrogen-bond donors (Lipinski definition) is 1. The van der Waals surface area contributed by atoms with Gasteiger partial charge in [-0.15, -0.1) is 0 Å². The molecule has 0 bridgehead atoms. The molecule has 3 nitrogen and oxygen atoms in total. The van der Waals surface area contributed by atoms with Gasteiger partial charge in [0.15, 0.2) is 0 Å². The van der Waals surface area contributed by atoms with E-state index in [1.807, 2.05) is 31.2 Å². The van der Waals surface area contributed by atoms with Gasteiger partial charge in [-0.25, -0.2) is 0 Å². The van der Waals surface area contributed by atoms with E-state index in [-0.39, 0.29) is 5.91 Å². The lowest BCUT2D eigenvalue weighted by Gasteiger charge is -2.16. The second-order valence-corrected chi connectivity index (χ2v) is 4.40. The quantitative estimate of drug-likeness (QED) is 0.801. The van der Waals surface area contributed by atoms with Gasteiger partial charge in [0, 0.05) is 7.05 Å². The predicted molar refractivity (Wildman–Crippen MR) is 69.3 cm³/mol. The summed E-state index contributed by atoms with van der Waals surface area (Å²) in [4.78, 5) is 13.6. The van der Waals surface area contributed by atoms with Gasteiger partial charge in [0.2, 0.25) is 5.91 Å². The van der Waals surface area contributed by atoms with Crippen molar-refractivity contribution in [1.29, 1.82) is 0 Å². The van der Waals surface area contributed by atoms with Crippen molar-refractivity contribution in [2.75, 3.05) is 13.6 Å². The highest BCUT2D eigenvalue weighted by Gasteiger charge is 2.09. The molecule has 0 aliphatic heterocycles. The van der Waals surface area contributed by atoms with E-state index in [4.69, 9.17) is 18.0 Å². The molecule has 16 heavy (non-hydrogen) atoms. The van der Waals surface area contributed by atoms with Crippen LogP contribution in [0.15, 0.2) is 24.3 Å². The highest BCUT2D eigenvalue weighted by atomic mass is 32.1. The molecular weight excluding hydrogens is 220 g/mol. The zero-order valence-corrected chi connectivity index (χ0v) is 10.4. The van der Waals surface area contributed by atoms with E-state index < -0.39 is 0 Å². The second-order valence-electron chi connectivity index (χ2n) is 3.88. The molecule has 0 unspecified atom stereocenters. The predicted octanol–water partition coefficient (Wildman–Crippen LogP) is 1.28. The Hall–Kier alpha value is -1.42. The van der Waals surface area contributed by atoms with E-state index in [9.17, 15) is 4.79 Å². The average molecular weight is 236 g/mol. The Kier molecular flexibility index (Phi) is 4.43. The summed E-state index contributed by atoms with van der Waals surface area (Å²) in [6.45, 7) is 2.35. The number of benzene rings is 1. The maximum absolute atomic E-state index is 11.7. The van der Waals surface area contributed by atoms with Crippen LogP contribution in [0.25, 0.3) is 0 Å². The Balaban J connectivity index is 2.57. The zero-order chi connectivity index (χ0) is 12.1. The van der Waals surface area contributed by atoms with Gasteiger partial charge in [-0.2, -0.15) is 0 Å². The topological polar surface area (TPSA) is 46.3 Å². The van der Waals surface area contributed by atoms with Gasteiger partial charge in [0.05, 0.1) is 18.0 Å². The zero-order valence-electron chi connectivity index (χ0n) is 9.56. The van der Waals surface area contributed by atoms with Gasteiger partial charge in [-0.3, -0.25) is 4.79 Å². The van der Waals surface area contributed by atoms with Gasteiger partial charge in [0.25, 0.3) is 0 Å². The normalized spacial score (nSPS) is 9.88. The van der Waals surface area contributed by atoms with Crippen LogP contribution in [0.1, 0.15) is 11.1 Å². The number of rotatable bonds is 4.